The van der Waals surface area contributed by atoms with Gasteiger partial charge in [0.15, 0.2) is 5.82 Å². The van der Waals surface area contributed by atoms with Crippen molar-refractivity contribution in [2.24, 2.45) is 0 Å². The van der Waals surface area contributed by atoms with Crippen LogP contribution in [0.25, 0.3) is 0 Å². The first-order chi connectivity index (χ1) is 12.6. The van der Waals surface area contributed by atoms with E-state index >= 15 is 0 Å². The van der Waals surface area contributed by atoms with Gasteiger partial charge in [0.2, 0.25) is 5.89 Å². The maximum Gasteiger partial charge on any atom is 0.317 e. The maximum atomic E-state index is 12.2. The van der Waals surface area contributed by atoms with E-state index in [0.29, 0.717) is 31.2 Å². The molecule has 2 amide bonds. The zero-order valence-corrected chi connectivity index (χ0v) is 15.3. The molecule has 0 spiro atoms. The second kappa shape index (κ2) is 8.77. The molecule has 0 saturated carbocycles. The summed E-state index contributed by atoms with van der Waals surface area (Å²) in [6.45, 7) is 3.77. The van der Waals surface area contributed by atoms with E-state index in [9.17, 15) is 4.79 Å². The Labute approximate surface area is 153 Å². The Bertz CT molecular complexity index is 705. The van der Waals surface area contributed by atoms with Crippen molar-refractivity contribution in [2.45, 2.75) is 19.0 Å². The van der Waals surface area contributed by atoms with Crippen LogP contribution in [-0.4, -0.2) is 66.2 Å². The summed E-state index contributed by atoms with van der Waals surface area (Å²) < 4.78 is 5.32. The number of amides is 2. The third-order valence-electron chi connectivity index (χ3n) is 4.52. The lowest BCUT2D eigenvalue weighted by molar-refractivity contribution is 0.190. The molecule has 2 N–H and O–H groups in total. The smallest absolute Gasteiger partial charge is 0.317 e. The molecule has 1 saturated heterocycles. The van der Waals surface area contributed by atoms with Gasteiger partial charge in [-0.05, 0) is 12.6 Å². The number of hydrogen-bond acceptors (Lipinski definition) is 6. The van der Waals surface area contributed by atoms with Crippen molar-refractivity contribution in [3.05, 3.63) is 47.6 Å². The highest BCUT2D eigenvalue weighted by Crippen LogP contribution is 2.17. The molecule has 1 aliphatic heterocycles. The molecule has 1 unspecified atom stereocenters. The number of urea groups is 1. The molecule has 1 aromatic carbocycles. The molecule has 26 heavy (non-hydrogen) atoms. The van der Waals surface area contributed by atoms with Gasteiger partial charge in [0.1, 0.15) is 0 Å². The van der Waals surface area contributed by atoms with Crippen LogP contribution in [0.2, 0.25) is 0 Å². The van der Waals surface area contributed by atoms with Gasteiger partial charge in [-0.15, -0.1) is 0 Å². The molecule has 140 valence electrons. The zero-order valence-electron chi connectivity index (χ0n) is 15.3. The highest BCUT2D eigenvalue weighted by atomic mass is 16.5. The Morgan fingerprint density at radius 2 is 2.23 bits per heavy atom. The molecule has 1 atom stereocenters. The molecule has 3 rings (SSSR count). The summed E-state index contributed by atoms with van der Waals surface area (Å²) in [6.07, 6.45) is 0.516. The number of benzene rings is 1. The van der Waals surface area contributed by atoms with E-state index in [4.69, 9.17) is 4.52 Å². The molecule has 1 fully saturated rings. The van der Waals surface area contributed by atoms with E-state index in [2.05, 4.69) is 32.7 Å². The van der Waals surface area contributed by atoms with Crippen molar-refractivity contribution >= 4 is 6.03 Å². The average Bonchev–Trinajstić information content (AvgIpc) is 3.11. The molecule has 2 heterocycles. The molecule has 1 aromatic heterocycles. The monoisotopic (exact) mass is 358 g/mol. The van der Waals surface area contributed by atoms with E-state index in [1.807, 2.05) is 30.3 Å². The Morgan fingerprint density at radius 1 is 1.42 bits per heavy atom. The largest absolute Gasteiger partial charge is 0.339 e. The van der Waals surface area contributed by atoms with Crippen LogP contribution in [0.4, 0.5) is 4.79 Å². The average molecular weight is 358 g/mol. The minimum Gasteiger partial charge on any atom is -0.339 e. The molecule has 1 aliphatic rings. The Balaban J connectivity index is 1.44. The first kappa shape index (κ1) is 18.3. The van der Waals surface area contributed by atoms with Crippen LogP contribution < -0.4 is 10.6 Å². The van der Waals surface area contributed by atoms with Gasteiger partial charge in [-0.25, -0.2) is 4.79 Å². The minimum atomic E-state index is -0.121. The molecular weight excluding hydrogens is 332 g/mol. The number of rotatable bonds is 6. The van der Waals surface area contributed by atoms with E-state index in [0.717, 1.165) is 25.2 Å². The lowest BCUT2D eigenvalue weighted by Crippen LogP contribution is -2.44. The number of nitrogens with one attached hydrogen (secondary N) is 2. The van der Waals surface area contributed by atoms with Gasteiger partial charge in [0, 0.05) is 46.2 Å². The normalized spacial score (nSPS) is 17.8. The Hall–Kier alpha value is -2.45. The molecular formula is C18H26N6O2. The van der Waals surface area contributed by atoms with Crippen molar-refractivity contribution < 1.29 is 9.32 Å². The van der Waals surface area contributed by atoms with Crippen molar-refractivity contribution in [1.82, 2.24) is 30.6 Å². The van der Waals surface area contributed by atoms with Gasteiger partial charge >= 0.3 is 6.03 Å². The first-order valence-corrected chi connectivity index (χ1v) is 8.90. The SMILES string of the molecule is CN(Cc1ccccc1)C(=O)NCCc1nc(C2CNCCN2C)no1. The predicted molar refractivity (Wildman–Crippen MR) is 97.6 cm³/mol. The summed E-state index contributed by atoms with van der Waals surface area (Å²) >= 11 is 0. The second-order valence-corrected chi connectivity index (χ2v) is 6.57. The molecule has 0 aliphatic carbocycles. The van der Waals surface area contributed by atoms with Gasteiger partial charge in [0.25, 0.3) is 0 Å². The molecule has 0 radical (unpaired) electrons. The standard InChI is InChI=1S/C18H26N6O2/c1-23-11-10-19-12-15(23)17-21-16(26-22-17)8-9-20-18(25)24(2)13-14-6-4-3-5-7-14/h3-7,15,19H,8-13H2,1-2H3,(H,20,25). The van der Waals surface area contributed by atoms with Crippen molar-refractivity contribution in [3.63, 3.8) is 0 Å². The maximum absolute atomic E-state index is 12.2. The quantitative estimate of drug-likeness (QED) is 0.802. The van der Waals surface area contributed by atoms with Crippen molar-refractivity contribution in [2.75, 3.05) is 40.3 Å². The van der Waals surface area contributed by atoms with Crippen LogP contribution in [0.15, 0.2) is 34.9 Å². The van der Waals surface area contributed by atoms with E-state index < -0.39 is 0 Å². The Kier molecular flexibility index (Phi) is 6.19. The van der Waals surface area contributed by atoms with Crippen LogP contribution in [0.3, 0.4) is 0 Å². The number of likely N-dealkylation sites (N-methyl/N-ethyl adjacent to an activating group) is 1. The summed E-state index contributed by atoms with van der Waals surface area (Å²) in [5, 5.41) is 10.3. The summed E-state index contributed by atoms with van der Waals surface area (Å²) in [7, 11) is 3.84. The predicted octanol–water partition coefficient (Wildman–Crippen LogP) is 1.03. The summed E-state index contributed by atoms with van der Waals surface area (Å²) in [4.78, 5) is 20.5. The van der Waals surface area contributed by atoms with Gasteiger partial charge in [-0.2, -0.15) is 4.98 Å². The van der Waals surface area contributed by atoms with Gasteiger partial charge < -0.3 is 20.1 Å². The van der Waals surface area contributed by atoms with E-state index in [1.165, 1.54) is 0 Å². The van der Waals surface area contributed by atoms with Crippen LogP contribution in [-0.2, 0) is 13.0 Å². The van der Waals surface area contributed by atoms with Crippen LogP contribution in [0.5, 0.6) is 0 Å². The number of aromatic nitrogens is 2. The first-order valence-electron chi connectivity index (χ1n) is 8.90. The highest BCUT2D eigenvalue weighted by molar-refractivity contribution is 5.73. The number of nitrogens with zero attached hydrogens (tertiary/aromatic N) is 4. The van der Waals surface area contributed by atoms with Gasteiger partial charge in [-0.1, -0.05) is 35.5 Å². The van der Waals surface area contributed by atoms with E-state index in [1.54, 1.807) is 11.9 Å². The fraction of sp³-hybridized carbons (Fsp3) is 0.500. The fourth-order valence-corrected chi connectivity index (χ4v) is 2.94. The van der Waals surface area contributed by atoms with Gasteiger partial charge in [0.05, 0.1) is 6.04 Å². The number of hydrogen-bond donors (Lipinski definition) is 2. The third-order valence-corrected chi connectivity index (χ3v) is 4.52. The highest BCUT2D eigenvalue weighted by Gasteiger charge is 2.25. The zero-order chi connectivity index (χ0) is 18.4. The Morgan fingerprint density at radius 3 is 3.00 bits per heavy atom. The summed E-state index contributed by atoms with van der Waals surface area (Å²) in [5.74, 6) is 1.24. The third kappa shape index (κ3) is 4.80. The molecule has 0 bridgehead atoms. The van der Waals surface area contributed by atoms with Crippen LogP contribution in [0.1, 0.15) is 23.3 Å². The number of carbonyl (C=O) groups excluding carboxylic acids is 1. The van der Waals surface area contributed by atoms with Gasteiger partial charge in [-0.3, -0.25) is 4.90 Å². The number of piperazine rings is 1. The number of carbonyl (C=O) groups is 1. The molecule has 2 aromatic rings. The summed E-state index contributed by atoms with van der Waals surface area (Å²) in [5.41, 5.74) is 1.09. The topological polar surface area (TPSA) is 86.5 Å². The van der Waals surface area contributed by atoms with Crippen molar-refractivity contribution in [1.29, 1.82) is 0 Å². The van der Waals surface area contributed by atoms with E-state index in [-0.39, 0.29) is 12.1 Å². The lowest BCUT2D eigenvalue weighted by atomic mass is 10.2. The second-order valence-electron chi connectivity index (χ2n) is 6.57. The minimum absolute atomic E-state index is 0.121. The van der Waals surface area contributed by atoms with Crippen LogP contribution >= 0.6 is 0 Å². The molecule has 8 heteroatoms. The van der Waals surface area contributed by atoms with Crippen molar-refractivity contribution in [3.8, 4) is 0 Å². The van der Waals surface area contributed by atoms with Crippen LogP contribution in [0, 0.1) is 0 Å². The summed E-state index contributed by atoms with van der Waals surface area (Å²) in [6, 6.07) is 9.91. The fourth-order valence-electron chi connectivity index (χ4n) is 2.94. The molecule has 8 nitrogen and oxygen atoms in total. The lowest BCUT2D eigenvalue weighted by Gasteiger charge is -2.30.